The van der Waals surface area contributed by atoms with E-state index in [9.17, 15) is 18.0 Å². The quantitative estimate of drug-likeness (QED) is 0.453. The number of hydrazone groups is 1. The van der Waals surface area contributed by atoms with Gasteiger partial charge in [-0.1, -0.05) is 43.2 Å². The average Bonchev–Trinajstić information content (AvgIpc) is 3.07. The first-order valence-corrected chi connectivity index (χ1v) is 12.5. The van der Waals surface area contributed by atoms with Gasteiger partial charge in [-0.05, 0) is 55.5 Å². The highest BCUT2D eigenvalue weighted by Gasteiger charge is 2.27. The molecule has 2 N–H and O–H groups in total. The molecule has 0 aromatic heterocycles. The van der Waals surface area contributed by atoms with Crippen molar-refractivity contribution in [1.29, 1.82) is 0 Å². The average molecular weight is 471 g/mol. The van der Waals surface area contributed by atoms with Crippen LogP contribution in [0.2, 0.25) is 0 Å². The Morgan fingerprint density at radius 1 is 0.939 bits per heavy atom. The highest BCUT2D eigenvalue weighted by molar-refractivity contribution is 7.89. The Morgan fingerprint density at radius 3 is 2.18 bits per heavy atom. The third kappa shape index (κ3) is 7.50. The fourth-order valence-electron chi connectivity index (χ4n) is 3.66. The summed E-state index contributed by atoms with van der Waals surface area (Å²) in [6.07, 6.45) is 6.14. The summed E-state index contributed by atoms with van der Waals surface area (Å²) in [5, 5.41) is 6.86. The molecule has 2 aromatic rings. The second-order valence-electron chi connectivity index (χ2n) is 8.09. The molecule has 8 nitrogen and oxygen atoms in total. The normalized spacial score (nSPS) is 14.4. The number of amides is 2. The van der Waals surface area contributed by atoms with Crippen LogP contribution in [0.15, 0.2) is 64.6 Å². The van der Waals surface area contributed by atoms with E-state index >= 15 is 0 Å². The van der Waals surface area contributed by atoms with Crippen LogP contribution in [0, 0.1) is 0 Å². The Bertz CT molecular complexity index is 1070. The summed E-state index contributed by atoms with van der Waals surface area (Å²) in [4.78, 5) is 23.9. The molecule has 9 heteroatoms. The zero-order valence-corrected chi connectivity index (χ0v) is 19.6. The van der Waals surface area contributed by atoms with Gasteiger partial charge in [-0.2, -0.15) is 9.41 Å². The van der Waals surface area contributed by atoms with Gasteiger partial charge in [-0.3, -0.25) is 9.59 Å². The molecule has 2 amide bonds. The van der Waals surface area contributed by atoms with Gasteiger partial charge in [-0.15, -0.1) is 0 Å². The third-order valence-corrected chi connectivity index (χ3v) is 7.16. The van der Waals surface area contributed by atoms with Crippen molar-refractivity contribution in [2.45, 2.75) is 56.9 Å². The molecule has 1 aliphatic carbocycles. The smallest absolute Gasteiger partial charge is 0.255 e. The minimum atomic E-state index is -3.98. The van der Waals surface area contributed by atoms with Crippen LogP contribution in [-0.4, -0.2) is 36.8 Å². The van der Waals surface area contributed by atoms with Crippen LogP contribution in [0.3, 0.4) is 0 Å². The molecule has 0 radical (unpaired) electrons. The molecule has 3 rings (SSSR count). The molecule has 0 atom stereocenters. The van der Waals surface area contributed by atoms with Crippen molar-refractivity contribution in [3.8, 4) is 0 Å². The fourth-order valence-corrected chi connectivity index (χ4v) is 5.05. The van der Waals surface area contributed by atoms with Gasteiger partial charge in [0.25, 0.3) is 5.91 Å². The van der Waals surface area contributed by atoms with Crippen molar-refractivity contribution >= 4 is 33.2 Å². The van der Waals surface area contributed by atoms with Crippen LogP contribution in [-0.2, 0) is 26.2 Å². The lowest BCUT2D eigenvalue weighted by Crippen LogP contribution is -2.39. The standard InChI is InChI=1S/C24H30N4O4S/c1-19(29)25-21-13-15-23(16-14-21)33(31,32)28(17-20-9-5-4-6-10-20)18-24(30)27-26-22-11-7-2-3-8-12-22/h4-6,9-10,13-16H,2-3,7-8,11-12,17-18H2,1H3,(H,25,29)(H,27,30). The van der Waals surface area contributed by atoms with E-state index in [4.69, 9.17) is 0 Å². The molecule has 1 aliphatic rings. The molecule has 0 spiro atoms. The van der Waals surface area contributed by atoms with Crippen LogP contribution in [0.1, 0.15) is 51.0 Å². The second-order valence-corrected chi connectivity index (χ2v) is 10.0. The van der Waals surface area contributed by atoms with E-state index in [1.165, 1.54) is 31.2 Å². The van der Waals surface area contributed by atoms with Gasteiger partial charge in [-0.25, -0.2) is 13.8 Å². The van der Waals surface area contributed by atoms with Crippen molar-refractivity contribution in [3.63, 3.8) is 0 Å². The summed E-state index contributed by atoms with van der Waals surface area (Å²) in [7, 11) is -3.98. The van der Waals surface area contributed by atoms with E-state index < -0.39 is 15.9 Å². The number of carbonyl (C=O) groups excluding carboxylic acids is 2. The molecule has 0 bridgehead atoms. The van der Waals surface area contributed by atoms with E-state index in [1.54, 1.807) is 0 Å². The maximum absolute atomic E-state index is 13.4. The number of rotatable bonds is 8. The maximum Gasteiger partial charge on any atom is 0.255 e. The van der Waals surface area contributed by atoms with Crippen molar-refractivity contribution in [1.82, 2.24) is 9.73 Å². The monoisotopic (exact) mass is 470 g/mol. The zero-order chi connectivity index (χ0) is 23.7. The van der Waals surface area contributed by atoms with E-state index in [0.717, 1.165) is 54.1 Å². The number of carbonyl (C=O) groups is 2. The summed E-state index contributed by atoms with van der Waals surface area (Å²) in [6, 6.07) is 15.0. The van der Waals surface area contributed by atoms with Crippen LogP contribution in [0.5, 0.6) is 0 Å². The van der Waals surface area contributed by atoms with Crippen molar-refractivity contribution in [3.05, 3.63) is 60.2 Å². The van der Waals surface area contributed by atoms with Gasteiger partial charge in [0.15, 0.2) is 0 Å². The minimum absolute atomic E-state index is 0.0374. The number of hydrogen-bond donors (Lipinski definition) is 2. The Labute approximate surface area is 195 Å². The number of nitrogens with zero attached hydrogens (tertiary/aromatic N) is 2. The Hall–Kier alpha value is -3.04. The topological polar surface area (TPSA) is 108 Å². The summed E-state index contributed by atoms with van der Waals surface area (Å²) in [5.41, 5.74) is 4.75. The number of benzene rings is 2. The van der Waals surface area contributed by atoms with Crippen LogP contribution in [0.25, 0.3) is 0 Å². The highest BCUT2D eigenvalue weighted by Crippen LogP contribution is 2.21. The Kier molecular flexibility index (Phi) is 8.73. The lowest BCUT2D eigenvalue weighted by molar-refractivity contribution is -0.121. The summed E-state index contributed by atoms with van der Waals surface area (Å²) < 4.78 is 27.9. The predicted molar refractivity (Wildman–Crippen MR) is 128 cm³/mol. The summed E-state index contributed by atoms with van der Waals surface area (Å²) >= 11 is 0. The molecule has 2 aromatic carbocycles. The molecular weight excluding hydrogens is 440 g/mol. The molecule has 0 saturated heterocycles. The van der Waals surface area contributed by atoms with Crippen LogP contribution >= 0.6 is 0 Å². The third-order valence-electron chi connectivity index (χ3n) is 5.35. The molecule has 176 valence electrons. The fraction of sp³-hybridized carbons (Fsp3) is 0.375. The van der Waals surface area contributed by atoms with Gasteiger partial charge >= 0.3 is 0 Å². The predicted octanol–water partition coefficient (Wildman–Crippen LogP) is 3.66. The first-order valence-electron chi connectivity index (χ1n) is 11.1. The first-order chi connectivity index (χ1) is 15.8. The van der Waals surface area contributed by atoms with Gasteiger partial charge < -0.3 is 5.32 Å². The molecular formula is C24H30N4O4S. The van der Waals surface area contributed by atoms with Gasteiger partial charge in [0.05, 0.1) is 11.4 Å². The molecule has 0 unspecified atom stereocenters. The van der Waals surface area contributed by atoms with E-state index in [1.807, 2.05) is 30.3 Å². The Morgan fingerprint density at radius 2 is 1.58 bits per heavy atom. The zero-order valence-electron chi connectivity index (χ0n) is 18.8. The number of sulfonamides is 1. The van der Waals surface area contributed by atoms with Gasteiger partial charge in [0, 0.05) is 24.9 Å². The largest absolute Gasteiger partial charge is 0.326 e. The molecule has 1 saturated carbocycles. The molecule has 0 heterocycles. The minimum Gasteiger partial charge on any atom is -0.326 e. The summed E-state index contributed by atoms with van der Waals surface area (Å²) in [5.74, 6) is -0.732. The Balaban J connectivity index is 1.78. The van der Waals surface area contributed by atoms with E-state index in [0.29, 0.717) is 5.69 Å². The van der Waals surface area contributed by atoms with Crippen molar-refractivity contribution < 1.29 is 18.0 Å². The number of hydrogen-bond acceptors (Lipinski definition) is 5. The second kappa shape index (κ2) is 11.7. The van der Waals surface area contributed by atoms with E-state index in [-0.39, 0.29) is 23.9 Å². The molecule has 1 fully saturated rings. The molecule has 33 heavy (non-hydrogen) atoms. The maximum atomic E-state index is 13.4. The first kappa shape index (κ1) is 24.6. The van der Waals surface area contributed by atoms with E-state index in [2.05, 4.69) is 15.8 Å². The highest BCUT2D eigenvalue weighted by atomic mass is 32.2. The van der Waals surface area contributed by atoms with Crippen LogP contribution < -0.4 is 10.7 Å². The lowest BCUT2D eigenvalue weighted by atomic mass is 10.2. The number of anilines is 1. The van der Waals surface area contributed by atoms with Crippen molar-refractivity contribution in [2.75, 3.05) is 11.9 Å². The van der Waals surface area contributed by atoms with Gasteiger partial charge in [0.1, 0.15) is 0 Å². The van der Waals surface area contributed by atoms with Crippen molar-refractivity contribution in [2.24, 2.45) is 5.10 Å². The van der Waals surface area contributed by atoms with Crippen LogP contribution in [0.4, 0.5) is 5.69 Å². The lowest BCUT2D eigenvalue weighted by Gasteiger charge is -2.22. The number of nitrogens with one attached hydrogen (secondary N) is 2. The van der Waals surface area contributed by atoms with Gasteiger partial charge in [0.2, 0.25) is 15.9 Å². The molecule has 0 aliphatic heterocycles. The summed E-state index contributed by atoms with van der Waals surface area (Å²) in [6.45, 7) is 1.06. The SMILES string of the molecule is CC(=O)Nc1ccc(S(=O)(=O)N(CC(=O)NN=C2CCCCCC2)Cc2ccccc2)cc1.